The van der Waals surface area contributed by atoms with Crippen LogP contribution in [0.15, 0.2) is 0 Å². The van der Waals surface area contributed by atoms with Crippen LogP contribution in [0.25, 0.3) is 0 Å². The minimum absolute atomic E-state index is 0.162. The number of hydrogen-bond donors (Lipinski definition) is 1. The number of imide groups is 1. The third-order valence-electron chi connectivity index (χ3n) is 1.68. The van der Waals surface area contributed by atoms with Gasteiger partial charge in [0.2, 0.25) is 11.8 Å². The first-order valence-electron chi connectivity index (χ1n) is 2.98. The molecular weight excluding hydrogens is 150 g/mol. The van der Waals surface area contributed by atoms with E-state index in [4.69, 9.17) is 0 Å². The zero-order chi connectivity index (χ0) is 7.78. The molecule has 4 heteroatoms. The van der Waals surface area contributed by atoms with Crippen molar-refractivity contribution in [3.63, 3.8) is 0 Å². The van der Waals surface area contributed by atoms with Gasteiger partial charge >= 0.3 is 0 Å². The minimum atomic E-state index is -0.517. The molecule has 1 N–H and O–H groups in total. The molecule has 1 unspecified atom stereocenters. The Kier molecular flexibility index (Phi) is 1.72. The van der Waals surface area contributed by atoms with E-state index in [9.17, 15) is 9.59 Å². The van der Waals surface area contributed by atoms with Crippen molar-refractivity contribution in [2.24, 2.45) is 0 Å². The van der Waals surface area contributed by atoms with Crippen LogP contribution in [0.1, 0.15) is 13.3 Å². The Morgan fingerprint density at radius 3 is 2.40 bits per heavy atom. The fourth-order valence-corrected chi connectivity index (χ4v) is 1.37. The van der Waals surface area contributed by atoms with Crippen LogP contribution in [0.2, 0.25) is 0 Å². The highest BCUT2D eigenvalue weighted by atomic mass is 32.2. The van der Waals surface area contributed by atoms with Gasteiger partial charge in [-0.15, -0.1) is 11.8 Å². The topological polar surface area (TPSA) is 46.2 Å². The monoisotopic (exact) mass is 159 g/mol. The quantitative estimate of drug-likeness (QED) is 0.554. The predicted molar refractivity (Wildman–Crippen MR) is 39.7 cm³/mol. The maximum Gasteiger partial charge on any atom is 0.243 e. The second-order valence-electron chi connectivity index (χ2n) is 2.49. The van der Waals surface area contributed by atoms with Gasteiger partial charge in [0.1, 0.15) is 4.75 Å². The van der Waals surface area contributed by atoms with E-state index in [1.165, 1.54) is 11.8 Å². The highest BCUT2D eigenvalue weighted by Crippen LogP contribution is 2.29. The van der Waals surface area contributed by atoms with Crippen LogP contribution in [-0.4, -0.2) is 22.8 Å². The summed E-state index contributed by atoms with van der Waals surface area (Å²) in [5.41, 5.74) is 0. The van der Waals surface area contributed by atoms with E-state index < -0.39 is 4.75 Å². The van der Waals surface area contributed by atoms with Gasteiger partial charge in [0.15, 0.2) is 0 Å². The highest BCUT2D eigenvalue weighted by Gasteiger charge is 2.41. The first-order chi connectivity index (χ1) is 4.58. The highest BCUT2D eigenvalue weighted by molar-refractivity contribution is 8.00. The van der Waals surface area contributed by atoms with Crippen LogP contribution in [0.4, 0.5) is 0 Å². The van der Waals surface area contributed by atoms with Crippen LogP contribution < -0.4 is 5.32 Å². The molecule has 0 saturated carbocycles. The standard InChI is InChI=1S/C6H9NO2S/c1-6(10-2)3-4(8)7-5(6)9/h3H2,1-2H3,(H,7,8,9). The number of carbonyl (C=O) groups is 2. The Labute approximate surface area is 63.6 Å². The van der Waals surface area contributed by atoms with Gasteiger partial charge in [-0.3, -0.25) is 14.9 Å². The third kappa shape index (κ3) is 1.03. The fourth-order valence-electron chi connectivity index (χ4n) is 0.855. The van der Waals surface area contributed by atoms with Crippen LogP contribution >= 0.6 is 11.8 Å². The second-order valence-corrected chi connectivity index (χ2v) is 3.80. The molecule has 2 amide bonds. The van der Waals surface area contributed by atoms with Crippen molar-refractivity contribution in [1.29, 1.82) is 0 Å². The lowest BCUT2D eigenvalue weighted by Crippen LogP contribution is -2.31. The van der Waals surface area contributed by atoms with Gasteiger partial charge in [-0.2, -0.15) is 0 Å². The van der Waals surface area contributed by atoms with Gasteiger partial charge in [-0.25, -0.2) is 0 Å². The number of nitrogens with one attached hydrogen (secondary N) is 1. The van der Waals surface area contributed by atoms with Gasteiger partial charge in [0, 0.05) is 0 Å². The molecule has 0 aliphatic carbocycles. The molecule has 1 aliphatic heterocycles. The van der Waals surface area contributed by atoms with Crippen molar-refractivity contribution in [3.8, 4) is 0 Å². The molecule has 1 saturated heterocycles. The van der Waals surface area contributed by atoms with E-state index >= 15 is 0 Å². The summed E-state index contributed by atoms with van der Waals surface area (Å²) < 4.78 is -0.517. The molecular formula is C6H9NO2S. The molecule has 1 aliphatic rings. The Bertz CT molecular complexity index is 192. The first-order valence-corrected chi connectivity index (χ1v) is 4.20. The summed E-state index contributed by atoms with van der Waals surface area (Å²) in [7, 11) is 0. The van der Waals surface area contributed by atoms with Crippen molar-refractivity contribution >= 4 is 23.6 Å². The smallest absolute Gasteiger partial charge is 0.243 e. The largest absolute Gasteiger partial charge is 0.295 e. The lowest BCUT2D eigenvalue weighted by Gasteiger charge is -2.14. The maximum atomic E-state index is 11.0. The molecule has 0 aromatic rings. The average molecular weight is 159 g/mol. The van der Waals surface area contributed by atoms with Gasteiger partial charge in [-0.05, 0) is 13.2 Å². The summed E-state index contributed by atoms with van der Waals surface area (Å²) in [6.45, 7) is 1.78. The molecule has 3 nitrogen and oxygen atoms in total. The third-order valence-corrected chi connectivity index (χ3v) is 2.91. The van der Waals surface area contributed by atoms with Gasteiger partial charge < -0.3 is 0 Å². The molecule has 0 bridgehead atoms. The number of amides is 2. The maximum absolute atomic E-state index is 11.0. The molecule has 0 aromatic carbocycles. The lowest BCUT2D eigenvalue weighted by atomic mass is 10.1. The van der Waals surface area contributed by atoms with Crippen molar-refractivity contribution in [3.05, 3.63) is 0 Å². The summed E-state index contributed by atoms with van der Waals surface area (Å²) in [4.78, 5) is 21.7. The summed E-state index contributed by atoms with van der Waals surface area (Å²) in [5, 5.41) is 2.26. The Hall–Kier alpha value is -0.510. The van der Waals surface area contributed by atoms with E-state index in [1.54, 1.807) is 6.92 Å². The summed E-state index contributed by atoms with van der Waals surface area (Å²) in [5.74, 6) is -0.327. The van der Waals surface area contributed by atoms with Gasteiger partial charge in [0.05, 0.1) is 6.42 Å². The van der Waals surface area contributed by atoms with Crippen LogP contribution in [0.5, 0.6) is 0 Å². The fraction of sp³-hybridized carbons (Fsp3) is 0.667. The summed E-state index contributed by atoms with van der Waals surface area (Å²) >= 11 is 1.41. The van der Waals surface area contributed by atoms with Gasteiger partial charge in [-0.1, -0.05) is 0 Å². The Morgan fingerprint density at radius 1 is 1.60 bits per heavy atom. The molecule has 0 radical (unpaired) electrons. The normalized spacial score (nSPS) is 32.6. The molecule has 0 aromatic heterocycles. The SMILES string of the molecule is CSC1(C)CC(=O)NC1=O. The van der Waals surface area contributed by atoms with E-state index in [0.717, 1.165) is 0 Å². The van der Waals surface area contributed by atoms with Crippen molar-refractivity contribution in [2.75, 3.05) is 6.26 Å². The van der Waals surface area contributed by atoms with E-state index in [1.807, 2.05) is 6.26 Å². The first kappa shape index (κ1) is 7.60. The molecule has 1 fully saturated rings. The van der Waals surface area contributed by atoms with Crippen LogP contribution in [0.3, 0.4) is 0 Å². The number of carbonyl (C=O) groups excluding carboxylic acids is 2. The predicted octanol–water partition coefficient (Wildman–Crippen LogP) is 0.155. The van der Waals surface area contributed by atoms with Crippen LogP contribution in [0, 0.1) is 0 Å². The van der Waals surface area contributed by atoms with Crippen molar-refractivity contribution < 1.29 is 9.59 Å². The molecule has 1 rings (SSSR count). The second kappa shape index (κ2) is 2.27. The van der Waals surface area contributed by atoms with E-state index in [2.05, 4.69) is 5.32 Å². The van der Waals surface area contributed by atoms with Gasteiger partial charge in [0.25, 0.3) is 0 Å². The Balaban J connectivity index is 2.80. The molecule has 0 spiro atoms. The summed E-state index contributed by atoms with van der Waals surface area (Å²) in [6.07, 6.45) is 2.14. The minimum Gasteiger partial charge on any atom is -0.295 e. The number of rotatable bonds is 1. The van der Waals surface area contributed by atoms with E-state index in [-0.39, 0.29) is 11.8 Å². The zero-order valence-corrected chi connectivity index (χ0v) is 6.75. The van der Waals surface area contributed by atoms with Crippen molar-refractivity contribution in [2.45, 2.75) is 18.1 Å². The average Bonchev–Trinajstić information content (AvgIpc) is 2.09. The molecule has 10 heavy (non-hydrogen) atoms. The molecule has 56 valence electrons. The van der Waals surface area contributed by atoms with E-state index in [0.29, 0.717) is 6.42 Å². The number of hydrogen-bond acceptors (Lipinski definition) is 3. The zero-order valence-electron chi connectivity index (χ0n) is 5.93. The van der Waals surface area contributed by atoms with Crippen LogP contribution in [-0.2, 0) is 9.59 Å². The van der Waals surface area contributed by atoms with Crippen molar-refractivity contribution in [1.82, 2.24) is 5.32 Å². The lowest BCUT2D eigenvalue weighted by molar-refractivity contribution is -0.125. The molecule has 1 atom stereocenters. The Morgan fingerprint density at radius 2 is 2.20 bits per heavy atom. The molecule has 1 heterocycles. The summed E-state index contributed by atoms with van der Waals surface area (Å²) in [6, 6.07) is 0. The number of thioether (sulfide) groups is 1.